The number of nitrogens with one attached hydrogen (secondary N) is 2. The van der Waals surface area contributed by atoms with E-state index in [0.717, 1.165) is 46.1 Å². The van der Waals surface area contributed by atoms with Crippen molar-refractivity contribution in [2.75, 3.05) is 43.5 Å². The minimum atomic E-state index is -1.10. The van der Waals surface area contributed by atoms with Crippen molar-refractivity contribution in [3.05, 3.63) is 39.6 Å². The summed E-state index contributed by atoms with van der Waals surface area (Å²) in [5.74, 6) is -2.14. The lowest BCUT2D eigenvalue weighted by Crippen LogP contribution is -2.44. The van der Waals surface area contributed by atoms with E-state index in [1.54, 1.807) is 14.2 Å². The number of carbonyl (C=O) groups is 3. The molecule has 0 saturated carbocycles. The number of hydrogen-bond donors (Lipinski definition) is 5. The highest BCUT2D eigenvalue weighted by Gasteiger charge is 2.42. The average Bonchev–Trinajstić information content (AvgIpc) is 3.32. The van der Waals surface area contributed by atoms with Crippen molar-refractivity contribution in [2.24, 2.45) is 9.98 Å². The molecule has 10 rings (SSSR count). The van der Waals surface area contributed by atoms with Gasteiger partial charge in [0.05, 0.1) is 76.6 Å². The third-order valence-corrected chi connectivity index (χ3v) is 14.2. The highest BCUT2D eigenvalue weighted by atomic mass is 32.2. The van der Waals surface area contributed by atoms with Gasteiger partial charge in [-0.1, -0.05) is 23.8 Å². The standard InChI is InChI=1S/C41H36N4O9S2/c1-13-10-15-21-22-24-27(37(54-5)39-33(45-19(12-56-39)41(50)51)29(24)34(47)35(52-3)25(22)20(13)14(2)46)26-23(21)28(31-30(15)42-16-8-6-7-9-17(16)43-31)32-38(36(26)53-4)55-11-18(44-32)40(48)49/h6-7,10,16-20,42-43,47H,8-9,11-12H2,1-5H3,(H,48,49)(H,50,51). The molecule has 286 valence electrons. The first-order valence-corrected chi connectivity index (χ1v) is 20.3. The van der Waals surface area contributed by atoms with Gasteiger partial charge in [0.15, 0.2) is 23.6 Å². The fraction of sp³-hybridized carbons (Fsp3) is 0.341. The molecule has 5 aromatic carbocycles. The van der Waals surface area contributed by atoms with Crippen molar-refractivity contribution in [2.45, 2.75) is 66.6 Å². The number of methoxy groups -OCH3 is 3. The van der Waals surface area contributed by atoms with Crippen molar-refractivity contribution >= 4 is 102 Å². The Morgan fingerprint density at radius 3 is 1.75 bits per heavy atom. The Morgan fingerprint density at radius 2 is 1.23 bits per heavy atom. The van der Waals surface area contributed by atoms with Gasteiger partial charge in [0.1, 0.15) is 17.3 Å². The molecule has 5 aliphatic rings. The summed E-state index contributed by atoms with van der Waals surface area (Å²) in [5.41, 5.74) is 3.53. The summed E-state index contributed by atoms with van der Waals surface area (Å²) < 4.78 is 18.8. The third-order valence-electron chi connectivity index (χ3n) is 11.9. The van der Waals surface area contributed by atoms with Crippen LogP contribution >= 0.6 is 23.5 Å². The fourth-order valence-corrected chi connectivity index (χ4v) is 12.0. The number of rotatable bonds is 6. The zero-order valence-electron chi connectivity index (χ0n) is 30.9. The topological polar surface area (TPSA) is 188 Å². The molecule has 5 atom stereocenters. The molecule has 15 heteroatoms. The van der Waals surface area contributed by atoms with Crippen LogP contribution in [0.3, 0.4) is 0 Å². The van der Waals surface area contributed by atoms with Gasteiger partial charge in [0.2, 0.25) is 0 Å². The van der Waals surface area contributed by atoms with Gasteiger partial charge in [-0.25, -0.2) is 9.59 Å². The number of phenols is 1. The number of ether oxygens (including phenoxy) is 3. The van der Waals surface area contributed by atoms with Crippen LogP contribution in [0.4, 0.5) is 11.4 Å². The van der Waals surface area contributed by atoms with E-state index in [4.69, 9.17) is 24.2 Å². The summed E-state index contributed by atoms with van der Waals surface area (Å²) in [4.78, 5) is 49.9. The zero-order chi connectivity index (χ0) is 39.1. The molecule has 0 radical (unpaired) electrons. The number of ketones is 1. The van der Waals surface area contributed by atoms with Gasteiger partial charge in [0.25, 0.3) is 0 Å². The normalized spacial score (nSPS) is 23.2. The molecule has 13 nitrogen and oxygen atoms in total. The number of carboxylic acids is 2. The van der Waals surface area contributed by atoms with Gasteiger partial charge in [-0.05, 0) is 32.1 Å². The predicted molar refractivity (Wildman–Crippen MR) is 216 cm³/mol. The maximum absolute atomic E-state index is 14.0. The summed E-state index contributed by atoms with van der Waals surface area (Å²) in [7, 11) is 4.56. The second-order valence-corrected chi connectivity index (χ2v) is 16.9. The second-order valence-electron chi connectivity index (χ2n) is 14.8. The van der Waals surface area contributed by atoms with Crippen molar-refractivity contribution in [1.29, 1.82) is 0 Å². The van der Waals surface area contributed by atoms with Crippen LogP contribution in [0.5, 0.6) is 23.0 Å². The number of phenolic OH excluding ortho intramolecular Hbond substituents is 1. The maximum Gasteiger partial charge on any atom is 0.329 e. The van der Waals surface area contributed by atoms with E-state index in [2.05, 4.69) is 22.8 Å². The number of carboxylic acid groups (broad SMARTS) is 2. The van der Waals surface area contributed by atoms with Crippen molar-refractivity contribution in [3.8, 4) is 23.0 Å². The first kappa shape index (κ1) is 35.0. The predicted octanol–water partition coefficient (Wildman–Crippen LogP) is 5.84. The number of hydrogen-bond acceptors (Lipinski definition) is 13. The molecule has 5 N–H and O–H groups in total. The summed E-state index contributed by atoms with van der Waals surface area (Å²) in [5, 5.41) is 46.2. The molecule has 0 aromatic heterocycles. The second kappa shape index (κ2) is 12.3. The van der Waals surface area contributed by atoms with Gasteiger partial charge >= 0.3 is 11.9 Å². The Morgan fingerprint density at radius 1 is 0.714 bits per heavy atom. The lowest BCUT2D eigenvalue weighted by Gasteiger charge is -2.39. The minimum absolute atomic E-state index is 0.0234. The number of carbonyl (C=O) groups excluding carboxylic acids is 1. The van der Waals surface area contributed by atoms with Gasteiger partial charge in [-0.3, -0.25) is 14.8 Å². The first-order valence-electron chi connectivity index (χ1n) is 18.3. The lowest BCUT2D eigenvalue weighted by molar-refractivity contribution is -0.138. The SMILES string of the molecule is COc1c(O)c2c3c(c(OC)c4c5c(OC)c6c(c7c8c(c9c(c(c1C(C(C)=O)C(C)=C9)c24)c75)NC1CC=CCC1N8)=NC(C(=O)O)CS6)SCC(C(=O)O)N=3. The number of aliphatic carboxylic acids is 2. The molecule has 0 bridgehead atoms. The third kappa shape index (κ3) is 4.43. The summed E-state index contributed by atoms with van der Waals surface area (Å²) in [6.07, 6.45) is 7.89. The Labute approximate surface area is 327 Å². The molecule has 2 aliphatic carbocycles. The van der Waals surface area contributed by atoms with Crippen molar-refractivity contribution < 1.29 is 43.9 Å². The Bertz CT molecular complexity index is 2890. The molecule has 0 spiro atoms. The minimum Gasteiger partial charge on any atom is -0.504 e. The summed E-state index contributed by atoms with van der Waals surface area (Å²) >= 11 is 2.65. The van der Waals surface area contributed by atoms with E-state index in [1.165, 1.54) is 37.6 Å². The van der Waals surface area contributed by atoms with E-state index in [1.807, 2.05) is 13.0 Å². The van der Waals surface area contributed by atoms with Gasteiger partial charge < -0.3 is 40.2 Å². The zero-order valence-corrected chi connectivity index (χ0v) is 32.6. The Kier molecular flexibility index (Phi) is 7.69. The molecule has 0 fully saturated rings. The van der Waals surface area contributed by atoms with Crippen molar-refractivity contribution in [3.63, 3.8) is 0 Å². The van der Waals surface area contributed by atoms with Crippen molar-refractivity contribution in [1.82, 2.24) is 0 Å². The summed E-state index contributed by atoms with van der Waals surface area (Å²) in [6, 6.07) is -2.06. The number of nitrogens with zero attached hydrogens (tertiary/aromatic N) is 2. The summed E-state index contributed by atoms with van der Waals surface area (Å²) in [6.45, 7) is 3.42. The van der Waals surface area contributed by atoms with E-state index in [9.17, 15) is 29.7 Å². The van der Waals surface area contributed by atoms with Gasteiger partial charge in [-0.15, -0.1) is 23.5 Å². The highest BCUT2D eigenvalue weighted by molar-refractivity contribution is 7.99. The molecule has 5 unspecified atom stereocenters. The Balaban J connectivity index is 1.60. The largest absolute Gasteiger partial charge is 0.504 e. The number of thioether (sulfide) groups is 2. The molecular weight excluding hydrogens is 757 g/mol. The highest BCUT2D eigenvalue weighted by Crippen LogP contribution is 2.60. The van der Waals surface area contributed by atoms with E-state index in [-0.39, 0.29) is 51.6 Å². The molecule has 3 heterocycles. The van der Waals surface area contributed by atoms with Crippen LogP contribution in [-0.4, -0.2) is 90.0 Å². The number of benzene rings is 5. The molecule has 0 saturated heterocycles. The van der Waals surface area contributed by atoms with Gasteiger partial charge in [0, 0.05) is 54.9 Å². The fourth-order valence-electron chi connectivity index (χ4n) is 9.72. The number of Topliss-reactive ketones (excluding diaryl/α,β-unsaturated/α-hetero) is 1. The molecule has 3 aliphatic heterocycles. The average molecular weight is 793 g/mol. The number of fused-ring (bicyclic) bond motifs is 9. The van der Waals surface area contributed by atoms with Crippen LogP contribution in [0, 0.1) is 0 Å². The lowest BCUT2D eigenvalue weighted by atomic mass is 9.80. The van der Waals surface area contributed by atoms with Crippen LogP contribution in [0.25, 0.3) is 49.2 Å². The van der Waals surface area contributed by atoms with E-state index < -0.39 is 29.9 Å². The smallest absolute Gasteiger partial charge is 0.329 e. The number of allylic oxidation sites excluding steroid dienone is 1. The van der Waals surface area contributed by atoms with Crippen LogP contribution in [0.2, 0.25) is 0 Å². The van der Waals surface area contributed by atoms with Crippen LogP contribution in [0.15, 0.2) is 37.5 Å². The van der Waals surface area contributed by atoms with Crippen LogP contribution < -0.4 is 35.6 Å². The van der Waals surface area contributed by atoms with Gasteiger partial charge in [-0.2, -0.15) is 0 Å². The first-order chi connectivity index (χ1) is 27.0. The quantitative estimate of drug-likeness (QED) is 0.0785. The molecule has 56 heavy (non-hydrogen) atoms. The van der Waals surface area contributed by atoms with E-state index >= 15 is 0 Å². The van der Waals surface area contributed by atoms with Crippen LogP contribution in [-0.2, 0) is 14.4 Å². The van der Waals surface area contributed by atoms with E-state index in [0.29, 0.717) is 59.1 Å². The van der Waals surface area contributed by atoms with Crippen LogP contribution in [0.1, 0.15) is 43.7 Å². The Hall–Kier alpha value is -5.41. The monoisotopic (exact) mass is 792 g/mol. The molecular formula is C41H36N4O9S2. The molecule has 5 aromatic rings. The number of aromatic hydroxyl groups is 1. The molecule has 0 amide bonds. The number of anilines is 2. The maximum atomic E-state index is 14.0.